The third kappa shape index (κ3) is 5.02. The summed E-state index contributed by atoms with van der Waals surface area (Å²) < 4.78 is 50.4. The Labute approximate surface area is 114 Å². The van der Waals surface area contributed by atoms with E-state index >= 15 is 0 Å². The number of sulfone groups is 2. The Balaban J connectivity index is 1.54. The molecule has 19 heavy (non-hydrogen) atoms. The molecule has 0 amide bonds. The summed E-state index contributed by atoms with van der Waals surface area (Å²) in [6.45, 7) is 1.23. The number of ether oxygens (including phenoxy) is 1. The van der Waals surface area contributed by atoms with E-state index < -0.39 is 19.7 Å². The molecule has 2 aliphatic rings. The second kappa shape index (κ2) is 6.07. The molecule has 0 aromatic rings. The van der Waals surface area contributed by atoms with Crippen LogP contribution in [0.15, 0.2) is 0 Å². The summed E-state index contributed by atoms with van der Waals surface area (Å²) in [5.41, 5.74) is 0. The van der Waals surface area contributed by atoms with Gasteiger partial charge in [-0.15, -0.1) is 0 Å². The predicted octanol–water partition coefficient (Wildman–Crippen LogP) is -0.643. The van der Waals surface area contributed by atoms with Gasteiger partial charge in [-0.05, 0) is 25.8 Å². The van der Waals surface area contributed by atoms with Crippen LogP contribution < -0.4 is 5.32 Å². The lowest BCUT2D eigenvalue weighted by molar-refractivity contribution is 0.0691. The lowest BCUT2D eigenvalue weighted by Gasteiger charge is -2.12. The largest absolute Gasteiger partial charge is 0.377 e. The van der Waals surface area contributed by atoms with Gasteiger partial charge in [0.15, 0.2) is 19.7 Å². The van der Waals surface area contributed by atoms with Crippen LogP contribution in [0.4, 0.5) is 0 Å². The lowest BCUT2D eigenvalue weighted by Crippen LogP contribution is -2.31. The van der Waals surface area contributed by atoms with Crippen molar-refractivity contribution in [3.05, 3.63) is 0 Å². The maximum atomic E-state index is 11.2. The zero-order chi connectivity index (χ0) is 13.9. The monoisotopic (exact) mass is 311 g/mol. The third-order valence-electron chi connectivity index (χ3n) is 3.53. The molecule has 0 radical (unpaired) electrons. The van der Waals surface area contributed by atoms with E-state index in [9.17, 15) is 16.8 Å². The van der Waals surface area contributed by atoms with Gasteiger partial charge in [0.25, 0.3) is 0 Å². The molecule has 2 aliphatic heterocycles. The highest BCUT2D eigenvalue weighted by Crippen LogP contribution is 2.15. The minimum atomic E-state index is -2.87. The van der Waals surface area contributed by atoms with Crippen molar-refractivity contribution in [3.63, 3.8) is 0 Å². The zero-order valence-corrected chi connectivity index (χ0v) is 12.5. The van der Waals surface area contributed by atoms with E-state index in [4.69, 9.17) is 4.74 Å². The van der Waals surface area contributed by atoms with E-state index in [-0.39, 0.29) is 35.2 Å². The van der Waals surface area contributed by atoms with Crippen molar-refractivity contribution < 1.29 is 21.6 Å². The average molecular weight is 311 g/mol. The number of nitrogens with one attached hydrogen (secondary N) is 1. The van der Waals surface area contributed by atoms with Crippen molar-refractivity contribution in [1.29, 1.82) is 0 Å². The van der Waals surface area contributed by atoms with E-state index in [1.54, 1.807) is 0 Å². The maximum Gasteiger partial charge on any atom is 0.152 e. The van der Waals surface area contributed by atoms with Crippen LogP contribution in [0.3, 0.4) is 0 Å². The summed E-state index contributed by atoms with van der Waals surface area (Å²) in [4.78, 5) is 0. The SMILES string of the molecule is O=S1(=O)CC[C@H](NCCCO[C@H]2CCS(=O)(=O)C2)C1. The van der Waals surface area contributed by atoms with Crippen molar-refractivity contribution in [2.24, 2.45) is 0 Å². The molecule has 0 bridgehead atoms. The molecular formula is C11H21NO5S2. The van der Waals surface area contributed by atoms with Crippen molar-refractivity contribution >= 4 is 19.7 Å². The van der Waals surface area contributed by atoms with Crippen LogP contribution in [0.1, 0.15) is 19.3 Å². The summed E-state index contributed by atoms with van der Waals surface area (Å²) in [5.74, 6) is 0.882. The van der Waals surface area contributed by atoms with Gasteiger partial charge in [-0.1, -0.05) is 0 Å². The quantitative estimate of drug-likeness (QED) is 0.656. The molecule has 0 aromatic heterocycles. The van der Waals surface area contributed by atoms with Gasteiger partial charge in [0.1, 0.15) is 0 Å². The Hall–Kier alpha value is -0.180. The van der Waals surface area contributed by atoms with Crippen molar-refractivity contribution in [1.82, 2.24) is 5.32 Å². The second-order valence-corrected chi connectivity index (χ2v) is 9.76. The van der Waals surface area contributed by atoms with Gasteiger partial charge in [-0.2, -0.15) is 0 Å². The Bertz CT molecular complexity index is 453. The van der Waals surface area contributed by atoms with Gasteiger partial charge in [-0.3, -0.25) is 0 Å². The molecule has 2 atom stereocenters. The number of hydrogen-bond acceptors (Lipinski definition) is 6. The Kier molecular flexibility index (Phi) is 4.86. The fraction of sp³-hybridized carbons (Fsp3) is 1.00. The second-order valence-electron chi connectivity index (χ2n) is 5.30. The smallest absolute Gasteiger partial charge is 0.152 e. The van der Waals surface area contributed by atoms with Crippen LogP contribution in [0.5, 0.6) is 0 Å². The molecule has 0 unspecified atom stereocenters. The van der Waals surface area contributed by atoms with E-state index in [2.05, 4.69) is 5.32 Å². The average Bonchev–Trinajstić information content (AvgIpc) is 2.81. The van der Waals surface area contributed by atoms with Gasteiger partial charge in [-0.25, -0.2) is 16.8 Å². The van der Waals surface area contributed by atoms with E-state index in [1.165, 1.54) is 0 Å². The Morgan fingerprint density at radius 1 is 1.00 bits per heavy atom. The van der Waals surface area contributed by atoms with Crippen LogP contribution in [0, 0.1) is 0 Å². The van der Waals surface area contributed by atoms with Crippen molar-refractivity contribution in [3.8, 4) is 0 Å². The van der Waals surface area contributed by atoms with Crippen LogP contribution in [0.2, 0.25) is 0 Å². The van der Waals surface area contributed by atoms with Crippen molar-refractivity contribution in [2.45, 2.75) is 31.4 Å². The molecule has 0 aliphatic carbocycles. The third-order valence-corrected chi connectivity index (χ3v) is 7.04. The van der Waals surface area contributed by atoms with Gasteiger partial charge in [0.05, 0.1) is 29.1 Å². The van der Waals surface area contributed by atoms with Crippen molar-refractivity contribution in [2.75, 3.05) is 36.2 Å². The summed E-state index contributed by atoms with van der Waals surface area (Å²) in [7, 11) is -5.70. The summed E-state index contributed by atoms with van der Waals surface area (Å²) in [6.07, 6.45) is 1.89. The summed E-state index contributed by atoms with van der Waals surface area (Å²) >= 11 is 0. The maximum absolute atomic E-state index is 11.2. The van der Waals surface area contributed by atoms with E-state index in [1.807, 2.05) is 0 Å². The first kappa shape index (κ1) is 15.2. The minimum Gasteiger partial charge on any atom is -0.377 e. The van der Waals surface area contributed by atoms with E-state index in [0.717, 1.165) is 6.42 Å². The molecule has 1 N–H and O–H groups in total. The molecule has 0 saturated carbocycles. The van der Waals surface area contributed by atoms with Crippen LogP contribution in [0.25, 0.3) is 0 Å². The van der Waals surface area contributed by atoms with Gasteiger partial charge >= 0.3 is 0 Å². The molecule has 2 saturated heterocycles. The first-order valence-corrected chi connectivity index (χ1v) is 10.3. The van der Waals surface area contributed by atoms with Crippen LogP contribution in [-0.2, 0) is 24.4 Å². The molecule has 2 rings (SSSR count). The fourth-order valence-corrected chi connectivity index (χ4v) is 5.80. The Morgan fingerprint density at radius 2 is 1.68 bits per heavy atom. The molecule has 8 heteroatoms. The highest BCUT2D eigenvalue weighted by molar-refractivity contribution is 7.91. The van der Waals surface area contributed by atoms with Crippen LogP contribution in [-0.4, -0.2) is 65.1 Å². The number of rotatable bonds is 6. The molecule has 112 valence electrons. The zero-order valence-electron chi connectivity index (χ0n) is 10.9. The highest BCUT2D eigenvalue weighted by Gasteiger charge is 2.29. The molecular weight excluding hydrogens is 290 g/mol. The molecule has 2 fully saturated rings. The highest BCUT2D eigenvalue weighted by atomic mass is 32.2. The van der Waals surface area contributed by atoms with E-state index in [0.29, 0.717) is 26.0 Å². The standard InChI is InChI=1S/C11H21NO5S2/c13-18(14)6-2-10(8-18)12-4-1-5-17-11-3-7-19(15,16)9-11/h10-12H,1-9H2/t10-,11-/m0/s1. The Morgan fingerprint density at radius 3 is 2.26 bits per heavy atom. The van der Waals surface area contributed by atoms with Gasteiger partial charge < -0.3 is 10.1 Å². The van der Waals surface area contributed by atoms with Gasteiger partial charge in [0.2, 0.25) is 0 Å². The lowest BCUT2D eigenvalue weighted by atomic mass is 10.2. The van der Waals surface area contributed by atoms with Crippen LogP contribution >= 0.6 is 0 Å². The van der Waals surface area contributed by atoms with Gasteiger partial charge in [0, 0.05) is 12.6 Å². The molecule has 0 spiro atoms. The molecule has 2 heterocycles. The predicted molar refractivity (Wildman–Crippen MR) is 72.7 cm³/mol. The molecule has 6 nitrogen and oxygen atoms in total. The normalized spacial score (nSPS) is 32.6. The topological polar surface area (TPSA) is 89.5 Å². The molecule has 0 aromatic carbocycles. The first-order chi connectivity index (χ1) is 8.86. The first-order valence-electron chi connectivity index (χ1n) is 6.62. The summed E-state index contributed by atoms with van der Waals surface area (Å²) in [5, 5.41) is 3.20. The number of hydrogen-bond donors (Lipinski definition) is 1. The summed E-state index contributed by atoms with van der Waals surface area (Å²) in [6, 6.07) is 0.0665. The fourth-order valence-electron chi connectivity index (χ4n) is 2.48. The minimum absolute atomic E-state index is 0.0665.